The molecule has 3 heteroatoms. The molecule has 2 aromatic carbocycles. The van der Waals surface area contributed by atoms with Gasteiger partial charge in [-0.15, -0.1) is 0 Å². The van der Waals surface area contributed by atoms with Gasteiger partial charge in [-0.2, -0.15) is 0 Å². The van der Waals surface area contributed by atoms with Crippen LogP contribution < -0.4 is 10.2 Å². The Hall–Kier alpha value is -2.03. The van der Waals surface area contributed by atoms with Crippen LogP contribution >= 0.6 is 0 Å². The predicted octanol–water partition coefficient (Wildman–Crippen LogP) is 3.81. The maximum atomic E-state index is 13.7. The molecule has 0 aliphatic carbocycles. The van der Waals surface area contributed by atoms with Gasteiger partial charge in [0.15, 0.2) is 0 Å². The van der Waals surface area contributed by atoms with E-state index in [0.29, 0.717) is 12.2 Å². The highest BCUT2D eigenvalue weighted by Crippen LogP contribution is 2.20. The number of rotatable bonds is 4. The second-order valence-corrected chi connectivity index (χ2v) is 4.85. The molecule has 19 heavy (non-hydrogen) atoms. The van der Waals surface area contributed by atoms with Gasteiger partial charge in [0.25, 0.3) is 0 Å². The molecule has 0 unspecified atom stereocenters. The summed E-state index contributed by atoms with van der Waals surface area (Å²) in [5.41, 5.74) is 3.79. The fourth-order valence-corrected chi connectivity index (χ4v) is 1.96. The van der Waals surface area contributed by atoms with Gasteiger partial charge in [-0.05, 0) is 36.2 Å². The van der Waals surface area contributed by atoms with Gasteiger partial charge < -0.3 is 10.2 Å². The van der Waals surface area contributed by atoms with Crippen LogP contribution in [0.1, 0.15) is 11.1 Å². The summed E-state index contributed by atoms with van der Waals surface area (Å²) in [4.78, 5) is 2.05. The van der Waals surface area contributed by atoms with Crippen LogP contribution in [0.4, 0.5) is 15.8 Å². The normalized spacial score (nSPS) is 10.3. The van der Waals surface area contributed by atoms with Crippen LogP contribution in [-0.4, -0.2) is 14.1 Å². The lowest BCUT2D eigenvalue weighted by Crippen LogP contribution is -2.08. The third-order valence-electron chi connectivity index (χ3n) is 3.14. The zero-order valence-corrected chi connectivity index (χ0v) is 11.6. The van der Waals surface area contributed by atoms with E-state index in [-0.39, 0.29) is 5.82 Å². The molecule has 0 heterocycles. The van der Waals surface area contributed by atoms with Crippen LogP contribution in [0.25, 0.3) is 0 Å². The molecule has 0 saturated heterocycles. The van der Waals surface area contributed by atoms with Crippen molar-refractivity contribution in [1.29, 1.82) is 0 Å². The van der Waals surface area contributed by atoms with Crippen molar-refractivity contribution < 1.29 is 4.39 Å². The van der Waals surface area contributed by atoms with Crippen LogP contribution in [-0.2, 0) is 6.54 Å². The molecule has 0 fully saturated rings. The Morgan fingerprint density at radius 1 is 1.05 bits per heavy atom. The van der Waals surface area contributed by atoms with Gasteiger partial charge >= 0.3 is 0 Å². The monoisotopic (exact) mass is 258 g/mol. The average molecular weight is 258 g/mol. The largest absolute Gasteiger partial charge is 0.378 e. The molecule has 0 amide bonds. The average Bonchev–Trinajstić information content (AvgIpc) is 2.38. The summed E-state index contributed by atoms with van der Waals surface area (Å²) < 4.78 is 13.7. The maximum absolute atomic E-state index is 13.7. The van der Waals surface area contributed by atoms with E-state index in [1.54, 1.807) is 6.07 Å². The van der Waals surface area contributed by atoms with Gasteiger partial charge in [0.2, 0.25) is 0 Å². The number of aryl methyl sites for hydroxylation is 1. The third kappa shape index (κ3) is 3.25. The second kappa shape index (κ2) is 5.74. The lowest BCUT2D eigenvalue weighted by atomic mass is 10.1. The summed E-state index contributed by atoms with van der Waals surface area (Å²) in [6, 6.07) is 13.3. The van der Waals surface area contributed by atoms with Crippen LogP contribution in [0.5, 0.6) is 0 Å². The van der Waals surface area contributed by atoms with E-state index >= 15 is 0 Å². The maximum Gasteiger partial charge on any atom is 0.146 e. The fraction of sp³-hybridized carbons (Fsp3) is 0.250. The molecule has 0 aromatic heterocycles. The van der Waals surface area contributed by atoms with Gasteiger partial charge in [-0.25, -0.2) is 4.39 Å². The summed E-state index contributed by atoms with van der Waals surface area (Å²) in [7, 11) is 4.02. The summed E-state index contributed by atoms with van der Waals surface area (Å²) >= 11 is 0. The number of anilines is 2. The molecule has 2 rings (SSSR count). The SMILES string of the molecule is Cc1cccc(F)c1NCc1ccc(N(C)C)cc1. The zero-order valence-electron chi connectivity index (χ0n) is 11.6. The molecule has 100 valence electrons. The number of nitrogens with zero attached hydrogens (tertiary/aromatic N) is 1. The van der Waals surface area contributed by atoms with E-state index in [1.165, 1.54) is 6.07 Å². The minimum Gasteiger partial charge on any atom is -0.378 e. The number of hydrogen-bond acceptors (Lipinski definition) is 2. The van der Waals surface area contributed by atoms with E-state index in [4.69, 9.17) is 0 Å². The van der Waals surface area contributed by atoms with E-state index in [9.17, 15) is 4.39 Å². The molecule has 0 spiro atoms. The third-order valence-corrected chi connectivity index (χ3v) is 3.14. The molecule has 2 aromatic rings. The van der Waals surface area contributed by atoms with Crippen molar-refractivity contribution in [1.82, 2.24) is 0 Å². The van der Waals surface area contributed by atoms with Gasteiger partial charge in [-0.3, -0.25) is 0 Å². The first-order chi connectivity index (χ1) is 9.08. The van der Waals surface area contributed by atoms with E-state index in [1.807, 2.05) is 27.1 Å². The molecule has 1 N–H and O–H groups in total. The first-order valence-corrected chi connectivity index (χ1v) is 6.33. The van der Waals surface area contributed by atoms with Gasteiger partial charge in [0.05, 0.1) is 5.69 Å². The highest BCUT2D eigenvalue weighted by atomic mass is 19.1. The van der Waals surface area contributed by atoms with Gasteiger partial charge in [-0.1, -0.05) is 24.3 Å². The Morgan fingerprint density at radius 3 is 2.32 bits per heavy atom. The van der Waals surface area contributed by atoms with Crippen molar-refractivity contribution in [2.45, 2.75) is 13.5 Å². The topological polar surface area (TPSA) is 15.3 Å². The van der Waals surface area contributed by atoms with Crippen LogP contribution in [0.3, 0.4) is 0 Å². The van der Waals surface area contributed by atoms with Crippen molar-refractivity contribution >= 4 is 11.4 Å². The highest BCUT2D eigenvalue weighted by molar-refractivity contribution is 5.52. The summed E-state index contributed by atoms with van der Waals surface area (Å²) in [6.45, 7) is 2.52. The van der Waals surface area contributed by atoms with E-state index in [0.717, 1.165) is 16.8 Å². The summed E-state index contributed by atoms with van der Waals surface area (Å²) in [5.74, 6) is -0.204. The molecule has 0 saturated carbocycles. The molecule has 0 radical (unpaired) electrons. The van der Waals surface area contributed by atoms with Crippen molar-refractivity contribution in [3.63, 3.8) is 0 Å². The van der Waals surface area contributed by atoms with Gasteiger partial charge in [0, 0.05) is 26.3 Å². The van der Waals surface area contributed by atoms with Crippen LogP contribution in [0.15, 0.2) is 42.5 Å². The Kier molecular flexibility index (Phi) is 4.05. The van der Waals surface area contributed by atoms with E-state index < -0.39 is 0 Å². The molecular formula is C16H19FN2. The lowest BCUT2D eigenvalue weighted by Gasteiger charge is -2.14. The standard InChI is InChI=1S/C16H19FN2/c1-12-5-4-6-15(17)16(12)18-11-13-7-9-14(10-8-13)19(2)3/h4-10,18H,11H2,1-3H3. The molecule has 0 bridgehead atoms. The van der Waals surface area contributed by atoms with E-state index in [2.05, 4.69) is 34.5 Å². The smallest absolute Gasteiger partial charge is 0.146 e. The number of para-hydroxylation sites is 1. The predicted molar refractivity (Wildman–Crippen MR) is 79.2 cm³/mol. The Morgan fingerprint density at radius 2 is 1.74 bits per heavy atom. The van der Waals surface area contributed by atoms with Crippen LogP contribution in [0, 0.1) is 12.7 Å². The van der Waals surface area contributed by atoms with Crippen molar-refractivity contribution in [3.8, 4) is 0 Å². The summed E-state index contributed by atoms with van der Waals surface area (Å²) in [5, 5.41) is 3.16. The molecule has 0 aliphatic heterocycles. The first-order valence-electron chi connectivity index (χ1n) is 6.33. The van der Waals surface area contributed by atoms with Crippen molar-refractivity contribution in [3.05, 3.63) is 59.4 Å². The number of nitrogens with one attached hydrogen (secondary N) is 1. The molecule has 0 aliphatic rings. The lowest BCUT2D eigenvalue weighted by molar-refractivity contribution is 0.629. The van der Waals surface area contributed by atoms with Crippen molar-refractivity contribution in [2.75, 3.05) is 24.3 Å². The minimum absolute atomic E-state index is 0.204. The fourth-order valence-electron chi connectivity index (χ4n) is 1.96. The second-order valence-electron chi connectivity index (χ2n) is 4.85. The molecule has 2 nitrogen and oxygen atoms in total. The van der Waals surface area contributed by atoms with Crippen LogP contribution in [0.2, 0.25) is 0 Å². The number of halogens is 1. The molecular weight excluding hydrogens is 239 g/mol. The number of hydrogen-bond donors (Lipinski definition) is 1. The Labute approximate surface area is 113 Å². The summed E-state index contributed by atoms with van der Waals surface area (Å²) in [6.07, 6.45) is 0. The quantitative estimate of drug-likeness (QED) is 0.897. The Bertz CT molecular complexity index is 527. The van der Waals surface area contributed by atoms with Crippen molar-refractivity contribution in [2.24, 2.45) is 0 Å². The highest BCUT2D eigenvalue weighted by Gasteiger charge is 2.04. The van der Waals surface area contributed by atoms with Gasteiger partial charge in [0.1, 0.15) is 5.82 Å². The molecule has 0 atom stereocenters. The first kappa shape index (κ1) is 13.4. The number of benzene rings is 2. The zero-order chi connectivity index (χ0) is 13.8. The Balaban J connectivity index is 2.06. The minimum atomic E-state index is -0.204.